The Balaban J connectivity index is 1.32. The van der Waals surface area contributed by atoms with E-state index >= 15 is 0 Å². The third-order valence-electron chi connectivity index (χ3n) is 6.46. The van der Waals surface area contributed by atoms with E-state index in [0.29, 0.717) is 48.7 Å². The number of nitrogens with one attached hydrogen (secondary N) is 2. The topological polar surface area (TPSA) is 117 Å². The minimum Gasteiger partial charge on any atom is -0.478 e. The van der Waals surface area contributed by atoms with E-state index in [-0.39, 0.29) is 23.4 Å². The average molecular weight is 552 g/mol. The minimum atomic E-state index is -4.63. The van der Waals surface area contributed by atoms with Gasteiger partial charge in [0.2, 0.25) is 0 Å². The van der Waals surface area contributed by atoms with Crippen molar-refractivity contribution in [1.82, 2.24) is 9.97 Å². The summed E-state index contributed by atoms with van der Waals surface area (Å²) < 4.78 is 46.9. The maximum atomic E-state index is 13.9. The number of aromatic carboxylic acids is 1. The molecule has 4 aromatic rings. The zero-order chi connectivity index (χ0) is 28.3. The van der Waals surface area contributed by atoms with Gasteiger partial charge in [0.1, 0.15) is 12.1 Å². The number of carboxylic acids is 1. The van der Waals surface area contributed by atoms with Crippen LogP contribution in [-0.2, 0) is 17.5 Å². The summed E-state index contributed by atoms with van der Waals surface area (Å²) in [7, 11) is 0. The van der Waals surface area contributed by atoms with Gasteiger partial charge in [-0.1, -0.05) is 18.2 Å². The first-order valence-corrected chi connectivity index (χ1v) is 12.4. The molecule has 1 aromatic heterocycles. The van der Waals surface area contributed by atoms with Crippen LogP contribution in [0.25, 0.3) is 10.9 Å². The van der Waals surface area contributed by atoms with Crippen molar-refractivity contribution in [1.29, 1.82) is 0 Å². The Morgan fingerprint density at radius 1 is 1.00 bits per heavy atom. The number of benzene rings is 3. The zero-order valence-electron chi connectivity index (χ0n) is 21.0. The van der Waals surface area contributed by atoms with Crippen molar-refractivity contribution in [3.63, 3.8) is 0 Å². The van der Waals surface area contributed by atoms with Gasteiger partial charge in [0.05, 0.1) is 29.9 Å². The SMILES string of the molecule is O=C(Nc1cccc(CNc2ncnc3c(C(=O)O)cccc23)c1)c1ccc(N2CCOCC2)c(C(F)(F)F)c1. The maximum Gasteiger partial charge on any atom is 0.418 e. The van der Waals surface area contributed by atoms with E-state index in [4.69, 9.17) is 4.74 Å². The van der Waals surface area contributed by atoms with Crippen LogP contribution in [0.2, 0.25) is 0 Å². The fourth-order valence-electron chi connectivity index (χ4n) is 4.53. The van der Waals surface area contributed by atoms with Gasteiger partial charge < -0.3 is 25.4 Å². The van der Waals surface area contributed by atoms with Gasteiger partial charge in [-0.2, -0.15) is 13.2 Å². The van der Waals surface area contributed by atoms with Gasteiger partial charge in [-0.25, -0.2) is 14.8 Å². The number of carbonyl (C=O) groups is 2. The molecule has 3 N–H and O–H groups in total. The number of amides is 1. The molecule has 40 heavy (non-hydrogen) atoms. The lowest BCUT2D eigenvalue weighted by molar-refractivity contribution is -0.137. The molecule has 1 aliphatic heterocycles. The first-order valence-electron chi connectivity index (χ1n) is 12.4. The quantitative estimate of drug-likeness (QED) is 0.292. The standard InChI is InChI=1S/C28H24F3N5O4/c29-28(30,31)22-14-18(7-8-23(22)36-9-11-40-12-10-36)26(37)35-19-4-1-3-17(13-19)15-32-25-20-5-2-6-21(27(38)39)24(20)33-16-34-25/h1-8,13-14,16H,9-12,15H2,(H,35,37)(H,38,39)(H,32,33,34). The summed E-state index contributed by atoms with van der Waals surface area (Å²) in [6, 6.07) is 15.2. The molecule has 0 spiro atoms. The van der Waals surface area contributed by atoms with E-state index in [0.717, 1.165) is 11.6 Å². The van der Waals surface area contributed by atoms with Crippen LogP contribution in [0.3, 0.4) is 0 Å². The number of fused-ring (bicyclic) bond motifs is 1. The Morgan fingerprint density at radius 3 is 2.52 bits per heavy atom. The summed E-state index contributed by atoms with van der Waals surface area (Å²) in [5.74, 6) is -1.34. The number of hydrogen-bond donors (Lipinski definition) is 3. The molecule has 5 rings (SSSR count). The number of carboxylic acid groups (broad SMARTS) is 1. The fraction of sp³-hybridized carbons (Fsp3) is 0.214. The monoisotopic (exact) mass is 551 g/mol. The Morgan fingerprint density at radius 2 is 1.77 bits per heavy atom. The number of halogens is 3. The maximum absolute atomic E-state index is 13.9. The van der Waals surface area contributed by atoms with Gasteiger partial charge in [0.15, 0.2) is 0 Å². The molecule has 0 saturated carbocycles. The molecule has 0 unspecified atom stereocenters. The van der Waals surface area contributed by atoms with Crippen LogP contribution in [0.15, 0.2) is 67.0 Å². The van der Waals surface area contributed by atoms with Crippen molar-refractivity contribution >= 4 is 40.0 Å². The number of nitrogens with zero attached hydrogens (tertiary/aromatic N) is 3. The van der Waals surface area contributed by atoms with Crippen molar-refractivity contribution in [3.8, 4) is 0 Å². The van der Waals surface area contributed by atoms with Gasteiger partial charge in [-0.05, 0) is 48.0 Å². The molecule has 1 aliphatic rings. The predicted octanol–water partition coefficient (Wildman–Crippen LogP) is 5.05. The summed E-state index contributed by atoms with van der Waals surface area (Å²) in [6.45, 7) is 1.62. The molecule has 1 saturated heterocycles. The van der Waals surface area contributed by atoms with E-state index in [1.54, 1.807) is 41.3 Å². The fourth-order valence-corrected chi connectivity index (χ4v) is 4.53. The van der Waals surface area contributed by atoms with Crippen LogP contribution in [-0.4, -0.2) is 53.3 Å². The minimum absolute atomic E-state index is 0.0214. The number of rotatable bonds is 7. The molecular formula is C28H24F3N5O4. The highest BCUT2D eigenvalue weighted by Gasteiger charge is 2.36. The highest BCUT2D eigenvalue weighted by Crippen LogP contribution is 2.37. The number of para-hydroxylation sites is 1. The molecule has 1 fully saturated rings. The molecule has 12 heteroatoms. The second-order valence-electron chi connectivity index (χ2n) is 9.07. The molecule has 9 nitrogen and oxygen atoms in total. The Labute approximate surface area is 226 Å². The average Bonchev–Trinajstić information content (AvgIpc) is 2.95. The number of ether oxygens (including phenoxy) is 1. The normalized spacial score (nSPS) is 13.7. The van der Waals surface area contributed by atoms with Crippen molar-refractivity contribution in [2.45, 2.75) is 12.7 Å². The second kappa shape index (κ2) is 11.2. The summed E-state index contributed by atoms with van der Waals surface area (Å²) in [5.41, 5.74) is 0.532. The van der Waals surface area contributed by atoms with Crippen LogP contribution in [0.1, 0.15) is 31.8 Å². The molecule has 2 heterocycles. The largest absolute Gasteiger partial charge is 0.478 e. The lowest BCUT2D eigenvalue weighted by Crippen LogP contribution is -2.37. The number of carbonyl (C=O) groups excluding carboxylic acids is 1. The molecule has 0 aliphatic carbocycles. The Kier molecular flexibility index (Phi) is 7.52. The molecule has 1 amide bonds. The van der Waals surface area contributed by atoms with Crippen LogP contribution in [0, 0.1) is 0 Å². The van der Waals surface area contributed by atoms with Gasteiger partial charge >= 0.3 is 12.1 Å². The summed E-state index contributed by atoms with van der Waals surface area (Å²) >= 11 is 0. The van der Waals surface area contributed by atoms with Crippen molar-refractivity contribution < 1.29 is 32.6 Å². The molecule has 0 bridgehead atoms. The van der Waals surface area contributed by atoms with Crippen molar-refractivity contribution in [2.24, 2.45) is 0 Å². The Hall–Kier alpha value is -4.71. The zero-order valence-corrected chi connectivity index (χ0v) is 21.0. The third kappa shape index (κ3) is 5.81. The smallest absolute Gasteiger partial charge is 0.418 e. The van der Waals surface area contributed by atoms with Gasteiger partial charge in [0, 0.05) is 42.0 Å². The van der Waals surface area contributed by atoms with Crippen molar-refractivity contribution in [2.75, 3.05) is 41.8 Å². The third-order valence-corrected chi connectivity index (χ3v) is 6.46. The number of alkyl halides is 3. The van der Waals surface area contributed by atoms with Crippen molar-refractivity contribution in [3.05, 3.63) is 89.2 Å². The lowest BCUT2D eigenvalue weighted by atomic mass is 10.1. The van der Waals surface area contributed by atoms with Crippen LogP contribution in [0.4, 0.5) is 30.4 Å². The van der Waals surface area contributed by atoms with E-state index in [2.05, 4.69) is 20.6 Å². The van der Waals surface area contributed by atoms with Crippen LogP contribution in [0.5, 0.6) is 0 Å². The Bertz CT molecular complexity index is 1570. The molecule has 0 atom stereocenters. The first-order chi connectivity index (χ1) is 19.2. The summed E-state index contributed by atoms with van der Waals surface area (Å²) in [6.07, 6.45) is -3.36. The second-order valence-corrected chi connectivity index (χ2v) is 9.07. The lowest BCUT2D eigenvalue weighted by Gasteiger charge is -2.31. The number of aromatic nitrogens is 2. The number of morpholine rings is 1. The molecule has 3 aromatic carbocycles. The highest BCUT2D eigenvalue weighted by atomic mass is 19.4. The number of hydrogen-bond acceptors (Lipinski definition) is 7. The molecular weight excluding hydrogens is 527 g/mol. The van der Waals surface area contributed by atoms with Crippen LogP contribution < -0.4 is 15.5 Å². The van der Waals surface area contributed by atoms with E-state index in [9.17, 15) is 27.9 Å². The van der Waals surface area contributed by atoms with E-state index in [1.165, 1.54) is 24.5 Å². The van der Waals surface area contributed by atoms with Gasteiger partial charge in [-0.15, -0.1) is 0 Å². The summed E-state index contributed by atoms with van der Waals surface area (Å²) in [4.78, 5) is 34.3. The van der Waals surface area contributed by atoms with Crippen LogP contribution >= 0.6 is 0 Å². The predicted molar refractivity (Wildman–Crippen MR) is 143 cm³/mol. The molecule has 0 radical (unpaired) electrons. The number of anilines is 3. The van der Waals surface area contributed by atoms with Gasteiger partial charge in [-0.3, -0.25) is 4.79 Å². The molecule has 206 valence electrons. The van der Waals surface area contributed by atoms with E-state index in [1.807, 2.05) is 0 Å². The summed E-state index contributed by atoms with van der Waals surface area (Å²) in [5, 5.41) is 15.8. The highest BCUT2D eigenvalue weighted by molar-refractivity contribution is 6.05. The van der Waals surface area contributed by atoms with E-state index < -0.39 is 23.6 Å². The first kappa shape index (κ1) is 26.9. The van der Waals surface area contributed by atoms with Gasteiger partial charge in [0.25, 0.3) is 5.91 Å².